The van der Waals surface area contributed by atoms with Crippen molar-refractivity contribution < 1.29 is 19.4 Å². The summed E-state index contributed by atoms with van der Waals surface area (Å²) in [7, 11) is 0. The number of nitrogens with one attached hydrogen (secondary N) is 1. The Morgan fingerprint density at radius 3 is 2.23 bits per heavy atom. The highest BCUT2D eigenvalue weighted by atomic mass is 16.5. The zero-order chi connectivity index (χ0) is 22.4. The Balaban J connectivity index is 1.82. The molecule has 0 saturated carbocycles. The summed E-state index contributed by atoms with van der Waals surface area (Å²) in [5.74, 6) is -1.50. The predicted octanol–water partition coefficient (Wildman–Crippen LogP) is 4.24. The third-order valence-electron chi connectivity index (χ3n) is 5.10. The molecule has 0 aromatic heterocycles. The molecule has 0 radical (unpaired) electrons. The summed E-state index contributed by atoms with van der Waals surface area (Å²) in [5, 5.41) is 14.3. The lowest BCUT2D eigenvalue weighted by Gasteiger charge is -2.27. The van der Waals surface area contributed by atoms with Crippen molar-refractivity contribution in [1.82, 2.24) is 5.32 Å². The fourth-order valence-electron chi connectivity index (χ4n) is 3.53. The third kappa shape index (κ3) is 5.83. The molecule has 0 saturated heterocycles. The van der Waals surface area contributed by atoms with Gasteiger partial charge in [0.1, 0.15) is 0 Å². The van der Waals surface area contributed by atoms with Gasteiger partial charge in [0.05, 0.1) is 18.3 Å². The van der Waals surface area contributed by atoms with E-state index in [9.17, 15) is 14.7 Å². The van der Waals surface area contributed by atoms with Crippen LogP contribution in [0.25, 0.3) is 10.8 Å². The van der Waals surface area contributed by atoms with Crippen LogP contribution in [0.3, 0.4) is 0 Å². The number of benzene rings is 3. The molecule has 0 aliphatic carbocycles. The first-order chi connectivity index (χ1) is 14.8. The quantitative estimate of drug-likeness (QED) is 0.450. The molecular formula is C25H28N2O4. The largest absolute Gasteiger partial charge is 0.480 e. The maximum atomic E-state index is 13.0. The van der Waals surface area contributed by atoms with Crippen molar-refractivity contribution in [1.29, 1.82) is 0 Å². The molecule has 6 nitrogen and oxygen atoms in total. The van der Waals surface area contributed by atoms with E-state index < -0.39 is 24.0 Å². The summed E-state index contributed by atoms with van der Waals surface area (Å²) in [5.41, 5.74) is 7.57. The second-order valence-electron chi connectivity index (χ2n) is 8.04. The summed E-state index contributed by atoms with van der Waals surface area (Å²) in [6.45, 7) is 4.23. The topological polar surface area (TPSA) is 102 Å². The van der Waals surface area contributed by atoms with Gasteiger partial charge in [-0.25, -0.2) is 4.79 Å². The van der Waals surface area contributed by atoms with Gasteiger partial charge >= 0.3 is 5.97 Å². The standard InChI is InChI=1S/C25H28N2O4/c1-16(2)12-22(31-15-17-8-4-3-5-9-17)23(25(29)30)27-24(28)20-13-18-10-6-7-11-19(18)14-21(20)26/h3-11,13-14,16,22-23H,12,15,26H2,1-2H3,(H,27,28)(H,29,30)/t22-,23-/m1/s1. The maximum Gasteiger partial charge on any atom is 0.328 e. The number of ether oxygens (including phenoxy) is 1. The molecule has 0 spiro atoms. The van der Waals surface area contributed by atoms with Crippen molar-refractivity contribution in [3.8, 4) is 0 Å². The van der Waals surface area contributed by atoms with Gasteiger partial charge in [-0.15, -0.1) is 0 Å². The van der Waals surface area contributed by atoms with E-state index in [1.807, 2.05) is 68.4 Å². The molecule has 3 rings (SSSR count). The SMILES string of the molecule is CC(C)C[C@@H](OCc1ccccc1)[C@@H](NC(=O)c1cc2ccccc2cc1N)C(=O)O. The van der Waals surface area contributed by atoms with Gasteiger partial charge in [-0.2, -0.15) is 0 Å². The zero-order valence-electron chi connectivity index (χ0n) is 17.7. The molecular weight excluding hydrogens is 392 g/mol. The molecule has 6 heteroatoms. The van der Waals surface area contributed by atoms with Crippen LogP contribution < -0.4 is 11.1 Å². The average Bonchev–Trinajstić information content (AvgIpc) is 2.74. The molecule has 0 aliphatic rings. The fraction of sp³-hybridized carbons (Fsp3) is 0.280. The minimum Gasteiger partial charge on any atom is -0.480 e. The van der Waals surface area contributed by atoms with Crippen LogP contribution in [-0.2, 0) is 16.1 Å². The Hall–Kier alpha value is -3.38. The third-order valence-corrected chi connectivity index (χ3v) is 5.10. The second kappa shape index (κ2) is 10.1. The van der Waals surface area contributed by atoms with Crippen LogP contribution in [0.4, 0.5) is 5.69 Å². The van der Waals surface area contributed by atoms with E-state index in [1.165, 1.54) is 0 Å². The Morgan fingerprint density at radius 1 is 1.00 bits per heavy atom. The monoisotopic (exact) mass is 420 g/mol. The van der Waals surface area contributed by atoms with Crippen molar-refractivity contribution in [2.45, 2.75) is 39.0 Å². The van der Waals surface area contributed by atoms with Gasteiger partial charge in [0.15, 0.2) is 6.04 Å². The number of anilines is 1. The summed E-state index contributed by atoms with van der Waals surface area (Å²) in [6.07, 6.45) is -0.208. The minimum absolute atomic E-state index is 0.185. The molecule has 0 heterocycles. The van der Waals surface area contributed by atoms with Crippen LogP contribution in [0, 0.1) is 5.92 Å². The normalized spacial score (nSPS) is 13.1. The van der Waals surface area contributed by atoms with Crippen LogP contribution in [0.15, 0.2) is 66.7 Å². The lowest BCUT2D eigenvalue weighted by atomic mass is 9.98. The first-order valence-corrected chi connectivity index (χ1v) is 10.3. The van der Waals surface area contributed by atoms with Crippen LogP contribution in [0.1, 0.15) is 36.2 Å². The molecule has 0 unspecified atom stereocenters. The van der Waals surface area contributed by atoms with Gasteiger partial charge in [-0.1, -0.05) is 68.4 Å². The summed E-state index contributed by atoms with van der Waals surface area (Å²) >= 11 is 0. The second-order valence-corrected chi connectivity index (χ2v) is 8.04. The Bertz CT molecular complexity index is 1050. The number of hydrogen-bond acceptors (Lipinski definition) is 4. The molecule has 1 amide bonds. The van der Waals surface area contributed by atoms with E-state index in [1.54, 1.807) is 12.1 Å². The molecule has 0 fully saturated rings. The van der Waals surface area contributed by atoms with Gasteiger partial charge < -0.3 is 20.9 Å². The number of aliphatic carboxylic acids is 1. The number of carboxylic acid groups (broad SMARTS) is 1. The van der Waals surface area contributed by atoms with Crippen LogP contribution in [0.5, 0.6) is 0 Å². The number of hydrogen-bond donors (Lipinski definition) is 3. The Labute approximate surface area is 182 Å². The number of amides is 1. The lowest BCUT2D eigenvalue weighted by molar-refractivity contribution is -0.144. The van der Waals surface area contributed by atoms with Gasteiger partial charge in [0, 0.05) is 5.69 Å². The van der Waals surface area contributed by atoms with Crippen molar-refractivity contribution in [3.63, 3.8) is 0 Å². The van der Waals surface area contributed by atoms with E-state index in [0.29, 0.717) is 12.1 Å². The van der Waals surface area contributed by atoms with Gasteiger partial charge in [0.2, 0.25) is 0 Å². The van der Waals surface area contributed by atoms with Crippen LogP contribution in [0.2, 0.25) is 0 Å². The summed E-state index contributed by atoms with van der Waals surface area (Å²) < 4.78 is 5.97. The fourth-order valence-corrected chi connectivity index (χ4v) is 3.53. The summed E-state index contributed by atoms with van der Waals surface area (Å²) in [6, 6.07) is 19.3. The van der Waals surface area contributed by atoms with Crippen molar-refractivity contribution in [2.75, 3.05) is 5.73 Å². The van der Waals surface area contributed by atoms with E-state index in [4.69, 9.17) is 10.5 Å². The Morgan fingerprint density at radius 2 is 1.61 bits per heavy atom. The van der Waals surface area contributed by atoms with Crippen molar-refractivity contribution >= 4 is 28.3 Å². The molecule has 2 atom stereocenters. The predicted molar refractivity (Wildman–Crippen MR) is 122 cm³/mol. The number of fused-ring (bicyclic) bond motifs is 1. The number of carbonyl (C=O) groups is 2. The van der Waals surface area contributed by atoms with Crippen molar-refractivity contribution in [2.24, 2.45) is 5.92 Å². The van der Waals surface area contributed by atoms with Crippen LogP contribution >= 0.6 is 0 Å². The zero-order valence-corrected chi connectivity index (χ0v) is 17.7. The molecule has 0 bridgehead atoms. The van der Waals surface area contributed by atoms with Gasteiger partial charge in [-0.05, 0) is 40.8 Å². The highest BCUT2D eigenvalue weighted by Crippen LogP contribution is 2.23. The molecule has 3 aromatic carbocycles. The van der Waals surface area contributed by atoms with E-state index in [0.717, 1.165) is 16.3 Å². The first-order valence-electron chi connectivity index (χ1n) is 10.3. The minimum atomic E-state index is -1.20. The first kappa shape index (κ1) is 22.3. The van der Waals surface area contributed by atoms with Gasteiger partial charge in [-0.3, -0.25) is 4.79 Å². The lowest BCUT2D eigenvalue weighted by Crippen LogP contribution is -2.50. The van der Waals surface area contributed by atoms with E-state index in [2.05, 4.69) is 5.32 Å². The van der Waals surface area contributed by atoms with Crippen LogP contribution in [-0.4, -0.2) is 29.1 Å². The molecule has 162 valence electrons. The number of nitrogens with two attached hydrogens (primary N) is 1. The van der Waals surface area contributed by atoms with E-state index >= 15 is 0 Å². The average molecular weight is 421 g/mol. The smallest absolute Gasteiger partial charge is 0.328 e. The summed E-state index contributed by atoms with van der Waals surface area (Å²) in [4.78, 5) is 25.1. The molecule has 31 heavy (non-hydrogen) atoms. The number of nitrogen functional groups attached to an aromatic ring is 1. The van der Waals surface area contributed by atoms with Gasteiger partial charge in [0.25, 0.3) is 5.91 Å². The highest BCUT2D eigenvalue weighted by Gasteiger charge is 2.32. The number of carbonyl (C=O) groups excluding carboxylic acids is 1. The van der Waals surface area contributed by atoms with E-state index in [-0.39, 0.29) is 18.1 Å². The number of carboxylic acids is 1. The molecule has 4 N–H and O–H groups in total. The number of rotatable bonds is 9. The molecule has 3 aromatic rings. The highest BCUT2D eigenvalue weighted by molar-refractivity contribution is 6.05. The van der Waals surface area contributed by atoms with Crippen molar-refractivity contribution in [3.05, 3.63) is 77.9 Å². The maximum absolute atomic E-state index is 13.0. The Kier molecular flexibility index (Phi) is 7.26. The molecule has 0 aliphatic heterocycles.